The lowest BCUT2D eigenvalue weighted by Gasteiger charge is -2.29. The Balaban J connectivity index is 2.08. The minimum atomic E-state index is -0.679. The van der Waals surface area contributed by atoms with Gasteiger partial charge in [0.25, 0.3) is 0 Å². The van der Waals surface area contributed by atoms with Crippen LogP contribution in [0, 0.1) is 17.3 Å². The summed E-state index contributed by atoms with van der Waals surface area (Å²) in [5, 5.41) is 8.82. The predicted molar refractivity (Wildman–Crippen MR) is 50.3 cm³/mol. The van der Waals surface area contributed by atoms with Crippen LogP contribution in [0.4, 0.5) is 0 Å². The van der Waals surface area contributed by atoms with E-state index < -0.39 is 5.97 Å². The molecule has 72 valence electrons. The average molecular weight is 180 g/mol. The summed E-state index contributed by atoms with van der Waals surface area (Å²) in [5.41, 5.74) is -0.0718. The second kappa shape index (κ2) is 2.86. The highest BCUT2D eigenvalue weighted by atomic mass is 16.4. The van der Waals surface area contributed by atoms with Crippen LogP contribution >= 0.6 is 0 Å². The van der Waals surface area contributed by atoms with Crippen molar-refractivity contribution in [1.29, 1.82) is 0 Å². The highest BCUT2D eigenvalue weighted by Crippen LogP contribution is 2.57. The molecule has 0 saturated heterocycles. The van der Waals surface area contributed by atoms with Crippen molar-refractivity contribution in [2.45, 2.75) is 32.1 Å². The van der Waals surface area contributed by atoms with E-state index in [1.165, 1.54) is 12.8 Å². The molecule has 0 spiro atoms. The Labute approximate surface area is 78.6 Å². The Bertz CT molecular complexity index is 232. The van der Waals surface area contributed by atoms with Crippen LogP contribution in [-0.2, 0) is 4.79 Å². The lowest BCUT2D eigenvalue weighted by Crippen LogP contribution is -2.18. The van der Waals surface area contributed by atoms with Crippen molar-refractivity contribution in [1.82, 2.24) is 0 Å². The molecule has 0 bridgehead atoms. The van der Waals surface area contributed by atoms with E-state index in [1.54, 1.807) is 0 Å². The summed E-state index contributed by atoms with van der Waals surface area (Å²) in [6.45, 7) is 3.80. The quantitative estimate of drug-likeness (QED) is 0.677. The van der Waals surface area contributed by atoms with E-state index in [2.05, 4.69) is 6.58 Å². The molecular weight excluding hydrogens is 164 g/mol. The number of carboxylic acid groups (broad SMARTS) is 1. The molecule has 0 aromatic rings. The standard InChI is InChI=1S/C11H16O2/c1-2-11(7-10(12)13)5-8-3-4-9(8)6-11/h2,8-9H,1,3-7H2,(H,12,13). The van der Waals surface area contributed by atoms with Gasteiger partial charge in [-0.2, -0.15) is 0 Å². The van der Waals surface area contributed by atoms with Gasteiger partial charge in [0.05, 0.1) is 6.42 Å². The van der Waals surface area contributed by atoms with Crippen molar-refractivity contribution in [3.63, 3.8) is 0 Å². The van der Waals surface area contributed by atoms with Crippen LogP contribution in [0.15, 0.2) is 12.7 Å². The van der Waals surface area contributed by atoms with E-state index in [9.17, 15) is 4.79 Å². The Hall–Kier alpha value is -0.790. The molecule has 2 nitrogen and oxygen atoms in total. The lowest BCUT2D eigenvalue weighted by molar-refractivity contribution is -0.139. The van der Waals surface area contributed by atoms with Crippen LogP contribution in [0.25, 0.3) is 0 Å². The molecule has 0 aromatic heterocycles. The molecule has 2 aliphatic carbocycles. The van der Waals surface area contributed by atoms with E-state index in [0.717, 1.165) is 24.7 Å². The fourth-order valence-corrected chi connectivity index (χ4v) is 2.99. The zero-order valence-electron chi connectivity index (χ0n) is 7.83. The van der Waals surface area contributed by atoms with Gasteiger partial charge in [-0.25, -0.2) is 0 Å². The molecule has 2 heteroatoms. The highest BCUT2D eigenvalue weighted by Gasteiger charge is 2.48. The minimum Gasteiger partial charge on any atom is -0.481 e. The summed E-state index contributed by atoms with van der Waals surface area (Å²) in [5.74, 6) is 0.927. The first-order valence-corrected chi connectivity index (χ1v) is 5.01. The van der Waals surface area contributed by atoms with Crippen molar-refractivity contribution in [2.75, 3.05) is 0 Å². The number of fused-ring (bicyclic) bond motifs is 1. The number of carbonyl (C=O) groups is 1. The summed E-state index contributed by atoms with van der Waals surface area (Å²) in [6.07, 6.45) is 6.91. The van der Waals surface area contributed by atoms with Crippen LogP contribution in [-0.4, -0.2) is 11.1 Å². The van der Waals surface area contributed by atoms with Gasteiger partial charge in [0.1, 0.15) is 0 Å². The molecule has 2 aliphatic rings. The second-order valence-corrected chi connectivity index (χ2v) is 4.64. The largest absolute Gasteiger partial charge is 0.481 e. The van der Waals surface area contributed by atoms with Gasteiger partial charge in [-0.05, 0) is 42.9 Å². The van der Waals surface area contributed by atoms with Crippen molar-refractivity contribution < 1.29 is 9.90 Å². The zero-order valence-corrected chi connectivity index (χ0v) is 7.83. The van der Waals surface area contributed by atoms with Gasteiger partial charge in [0.15, 0.2) is 0 Å². The highest BCUT2D eigenvalue weighted by molar-refractivity contribution is 5.68. The summed E-state index contributed by atoms with van der Waals surface area (Å²) in [4.78, 5) is 10.7. The van der Waals surface area contributed by atoms with Gasteiger partial charge >= 0.3 is 5.97 Å². The van der Waals surface area contributed by atoms with E-state index in [0.29, 0.717) is 0 Å². The number of rotatable bonds is 3. The molecule has 2 unspecified atom stereocenters. The van der Waals surface area contributed by atoms with E-state index in [-0.39, 0.29) is 11.8 Å². The smallest absolute Gasteiger partial charge is 0.304 e. The monoisotopic (exact) mass is 180 g/mol. The van der Waals surface area contributed by atoms with Gasteiger partial charge in [-0.15, -0.1) is 6.58 Å². The number of hydrogen-bond donors (Lipinski definition) is 1. The molecule has 2 rings (SSSR count). The molecule has 2 saturated carbocycles. The normalized spacial score (nSPS) is 42.2. The van der Waals surface area contributed by atoms with Crippen LogP contribution in [0.2, 0.25) is 0 Å². The van der Waals surface area contributed by atoms with E-state index in [1.807, 2.05) is 6.08 Å². The maximum atomic E-state index is 10.7. The minimum absolute atomic E-state index is 0.0718. The Kier molecular flexibility index (Phi) is 1.94. The molecule has 0 amide bonds. The van der Waals surface area contributed by atoms with Crippen LogP contribution in [0.5, 0.6) is 0 Å². The van der Waals surface area contributed by atoms with Crippen molar-refractivity contribution >= 4 is 5.97 Å². The average Bonchev–Trinajstić information content (AvgIpc) is 2.28. The third kappa shape index (κ3) is 1.38. The molecule has 2 atom stereocenters. The summed E-state index contributed by atoms with van der Waals surface area (Å²) >= 11 is 0. The Morgan fingerprint density at radius 2 is 2.00 bits per heavy atom. The first-order valence-electron chi connectivity index (χ1n) is 5.01. The second-order valence-electron chi connectivity index (χ2n) is 4.64. The first-order chi connectivity index (χ1) is 6.15. The van der Waals surface area contributed by atoms with E-state index in [4.69, 9.17) is 5.11 Å². The van der Waals surface area contributed by atoms with Gasteiger partial charge in [-0.3, -0.25) is 4.79 Å². The SMILES string of the molecule is C=CC1(CC(=O)O)CC2CCC2C1. The van der Waals surface area contributed by atoms with E-state index >= 15 is 0 Å². The summed E-state index contributed by atoms with van der Waals surface area (Å²) in [7, 11) is 0. The van der Waals surface area contributed by atoms with Crippen LogP contribution < -0.4 is 0 Å². The molecule has 0 aromatic carbocycles. The van der Waals surface area contributed by atoms with Crippen molar-refractivity contribution in [2.24, 2.45) is 17.3 Å². The summed E-state index contributed by atoms with van der Waals surface area (Å²) < 4.78 is 0. The molecule has 2 fully saturated rings. The number of hydrogen-bond acceptors (Lipinski definition) is 1. The Morgan fingerprint density at radius 3 is 2.31 bits per heavy atom. The van der Waals surface area contributed by atoms with Gasteiger partial charge < -0.3 is 5.11 Å². The third-order valence-electron chi connectivity index (χ3n) is 3.85. The zero-order chi connectivity index (χ0) is 9.47. The van der Waals surface area contributed by atoms with Crippen molar-refractivity contribution in [3.8, 4) is 0 Å². The first kappa shape index (κ1) is 8.79. The number of allylic oxidation sites excluding steroid dienone is 1. The molecule has 1 N–H and O–H groups in total. The lowest BCUT2D eigenvalue weighted by atomic mass is 9.77. The molecule has 13 heavy (non-hydrogen) atoms. The van der Waals surface area contributed by atoms with Gasteiger partial charge in [0, 0.05) is 0 Å². The fourth-order valence-electron chi connectivity index (χ4n) is 2.99. The molecule has 0 heterocycles. The van der Waals surface area contributed by atoms with Crippen LogP contribution in [0.3, 0.4) is 0 Å². The maximum Gasteiger partial charge on any atom is 0.304 e. The molecule has 0 radical (unpaired) electrons. The number of carboxylic acids is 1. The fraction of sp³-hybridized carbons (Fsp3) is 0.727. The topological polar surface area (TPSA) is 37.3 Å². The van der Waals surface area contributed by atoms with Crippen molar-refractivity contribution in [3.05, 3.63) is 12.7 Å². The predicted octanol–water partition coefficient (Wildman–Crippen LogP) is 2.45. The molecule has 0 aliphatic heterocycles. The Morgan fingerprint density at radius 1 is 1.46 bits per heavy atom. The number of aliphatic carboxylic acids is 1. The maximum absolute atomic E-state index is 10.7. The molecular formula is C11H16O2. The van der Waals surface area contributed by atoms with Gasteiger partial charge in [-0.1, -0.05) is 6.08 Å². The third-order valence-corrected chi connectivity index (χ3v) is 3.85. The summed E-state index contributed by atoms with van der Waals surface area (Å²) in [6, 6.07) is 0. The van der Waals surface area contributed by atoms with Crippen LogP contribution in [0.1, 0.15) is 32.1 Å². The van der Waals surface area contributed by atoms with Gasteiger partial charge in [0.2, 0.25) is 0 Å².